The van der Waals surface area contributed by atoms with Crippen LogP contribution in [0.4, 0.5) is 4.79 Å². The highest BCUT2D eigenvalue weighted by Gasteiger charge is 2.60. The largest absolute Gasteiger partial charge is 0.464 e. The molecule has 5 amide bonds. The number of likely N-dealkylation sites (tertiary alicyclic amines) is 1. The van der Waals surface area contributed by atoms with Crippen molar-refractivity contribution in [3.63, 3.8) is 0 Å². The van der Waals surface area contributed by atoms with Crippen LogP contribution in [0.2, 0.25) is 0 Å². The number of nitrogens with one attached hydrogen (secondary N) is 4. The highest BCUT2D eigenvalue weighted by molar-refractivity contribution is 5.92. The van der Waals surface area contributed by atoms with Gasteiger partial charge >= 0.3 is 12.1 Å². The number of hydrogen-bond donors (Lipinski definition) is 4. The molecule has 1 saturated heterocycles. The summed E-state index contributed by atoms with van der Waals surface area (Å²) in [6.45, 7) is 17.5. The molecule has 4 N–H and O–H groups in total. The fourth-order valence-corrected chi connectivity index (χ4v) is 6.75. The zero-order valence-corrected chi connectivity index (χ0v) is 36.2. The molecule has 2 unspecified atom stereocenters. The molecular formula is C43H72N6O8. The SMILES string of the molecule is C1CCCCC1.C=CC1CC1(NC=O)C(=O)OCC.CC.CNC(=O)CNC(=O)[C@@H](NC(=O)[C@H]1CCCN1C)C(C)(C)C.COC(=O)N1CCc2ccccc2C1. The van der Waals surface area contributed by atoms with Crippen LogP contribution in [0.3, 0.4) is 0 Å². The second kappa shape index (κ2) is 26.5. The highest BCUT2D eigenvalue weighted by Crippen LogP contribution is 2.44. The topological polar surface area (TPSA) is 175 Å². The molecule has 4 aliphatic rings. The monoisotopic (exact) mass is 801 g/mol. The van der Waals surface area contributed by atoms with Crippen molar-refractivity contribution in [3.8, 4) is 0 Å². The maximum Gasteiger partial charge on any atom is 0.409 e. The van der Waals surface area contributed by atoms with E-state index in [1.807, 2.05) is 58.7 Å². The van der Waals surface area contributed by atoms with Crippen molar-refractivity contribution in [2.45, 2.75) is 130 Å². The number of likely N-dealkylation sites (N-methyl/N-ethyl adjacent to an activating group) is 2. The van der Waals surface area contributed by atoms with Crippen LogP contribution in [0.5, 0.6) is 0 Å². The summed E-state index contributed by atoms with van der Waals surface area (Å²) < 4.78 is 9.54. The molecule has 5 rings (SSSR count). The molecule has 2 aliphatic carbocycles. The summed E-state index contributed by atoms with van der Waals surface area (Å²) in [5.41, 5.74) is 1.30. The zero-order valence-electron chi connectivity index (χ0n) is 36.2. The molecular weight excluding hydrogens is 729 g/mol. The van der Waals surface area contributed by atoms with Gasteiger partial charge in [-0.2, -0.15) is 0 Å². The van der Waals surface area contributed by atoms with Gasteiger partial charge in [0.15, 0.2) is 0 Å². The Morgan fingerprint density at radius 3 is 2.04 bits per heavy atom. The van der Waals surface area contributed by atoms with Crippen LogP contribution in [-0.2, 0) is 46.4 Å². The smallest absolute Gasteiger partial charge is 0.409 e. The average Bonchev–Trinajstić information content (AvgIpc) is 3.79. The maximum absolute atomic E-state index is 12.4. The van der Waals surface area contributed by atoms with E-state index in [1.54, 1.807) is 17.9 Å². The molecule has 2 aliphatic heterocycles. The molecule has 0 spiro atoms. The lowest BCUT2D eigenvalue weighted by Gasteiger charge is -2.32. The standard InChI is InChI=1S/C15H28N4O3.C11H13NO2.C9H13NO3.C6H12.C2H6/c1-15(2,3)12(14(22)17-9-11(20)16-4)18-13(21)10-7-6-8-19(10)5;1-14-11(13)12-7-6-9-4-2-3-5-10(9)8-12;1-3-7-5-9(7,10-6-11)8(12)13-4-2;1-2-4-6-5-3-1;1-2/h10,12H,6-9H2,1-5H3,(H,16,20)(H,17,22)(H,18,21);2-5H,6-8H2,1H3;3,6-7H,1,4-5H2,2H3,(H,10,11);1-6H2;1-2H3/t10-,12-;;;;/m1..../s1. The van der Waals surface area contributed by atoms with Crippen molar-refractivity contribution >= 4 is 36.2 Å². The second-order valence-corrected chi connectivity index (χ2v) is 15.4. The molecule has 3 fully saturated rings. The van der Waals surface area contributed by atoms with Crippen molar-refractivity contribution in [1.82, 2.24) is 31.1 Å². The summed E-state index contributed by atoms with van der Waals surface area (Å²) in [4.78, 5) is 72.6. The Morgan fingerprint density at radius 1 is 0.982 bits per heavy atom. The molecule has 1 aromatic carbocycles. The van der Waals surface area contributed by atoms with Crippen molar-refractivity contribution in [2.75, 3.05) is 47.4 Å². The first-order chi connectivity index (χ1) is 27.2. The van der Waals surface area contributed by atoms with E-state index in [2.05, 4.69) is 40.0 Å². The van der Waals surface area contributed by atoms with Crippen molar-refractivity contribution in [1.29, 1.82) is 0 Å². The van der Waals surface area contributed by atoms with Gasteiger partial charge in [-0.25, -0.2) is 9.59 Å². The number of hydrogen-bond acceptors (Lipinski definition) is 9. The minimum Gasteiger partial charge on any atom is -0.464 e. The predicted octanol–water partition coefficient (Wildman–Crippen LogP) is 4.89. The lowest BCUT2D eigenvalue weighted by Crippen LogP contribution is -2.57. The number of amides is 5. The van der Waals surface area contributed by atoms with Gasteiger partial charge < -0.3 is 35.6 Å². The molecule has 57 heavy (non-hydrogen) atoms. The third-order valence-electron chi connectivity index (χ3n) is 10.3. The van der Waals surface area contributed by atoms with Crippen molar-refractivity contribution < 1.29 is 38.2 Å². The van der Waals surface area contributed by atoms with Crippen LogP contribution in [0.25, 0.3) is 0 Å². The first-order valence-corrected chi connectivity index (χ1v) is 20.6. The van der Waals surface area contributed by atoms with Crippen LogP contribution in [0, 0.1) is 11.3 Å². The summed E-state index contributed by atoms with van der Waals surface area (Å²) in [6, 6.07) is 7.34. The Bertz CT molecular complexity index is 1420. The van der Waals surface area contributed by atoms with E-state index in [4.69, 9.17) is 9.47 Å². The number of benzene rings is 1. The highest BCUT2D eigenvalue weighted by atomic mass is 16.5. The molecule has 1 aromatic rings. The number of ether oxygens (including phenoxy) is 2. The van der Waals surface area contributed by atoms with Crippen LogP contribution in [0.15, 0.2) is 36.9 Å². The first kappa shape index (κ1) is 50.6. The fraction of sp³-hybridized carbons (Fsp3) is 0.674. The van der Waals surface area contributed by atoms with Gasteiger partial charge in [0, 0.05) is 26.1 Å². The van der Waals surface area contributed by atoms with Gasteiger partial charge in [-0.15, -0.1) is 6.58 Å². The van der Waals surface area contributed by atoms with Gasteiger partial charge in [0.1, 0.15) is 11.6 Å². The van der Waals surface area contributed by atoms with Crippen molar-refractivity contribution in [3.05, 3.63) is 48.0 Å². The third-order valence-corrected chi connectivity index (χ3v) is 10.3. The van der Waals surface area contributed by atoms with Gasteiger partial charge in [0.2, 0.25) is 24.1 Å². The number of carbonyl (C=O) groups is 6. The normalized spacial score (nSPS) is 21.0. The Kier molecular flexibility index (Phi) is 23.5. The minimum atomic E-state index is -0.820. The van der Waals surface area contributed by atoms with E-state index in [1.165, 1.54) is 63.8 Å². The molecule has 4 atom stereocenters. The van der Waals surface area contributed by atoms with Crippen LogP contribution >= 0.6 is 0 Å². The Morgan fingerprint density at radius 2 is 1.58 bits per heavy atom. The molecule has 14 heteroatoms. The maximum atomic E-state index is 12.4. The lowest BCUT2D eigenvalue weighted by atomic mass is 9.86. The quantitative estimate of drug-likeness (QED) is 0.146. The molecule has 2 saturated carbocycles. The molecule has 0 aromatic heterocycles. The predicted molar refractivity (Wildman–Crippen MR) is 223 cm³/mol. The van der Waals surface area contributed by atoms with E-state index in [0.717, 1.165) is 32.4 Å². The first-order valence-electron chi connectivity index (χ1n) is 20.6. The Hall–Kier alpha value is -4.46. The van der Waals surface area contributed by atoms with Crippen LogP contribution in [0.1, 0.15) is 110 Å². The number of carbonyl (C=O) groups excluding carboxylic acids is 6. The molecule has 2 heterocycles. The number of fused-ring (bicyclic) bond motifs is 1. The molecule has 322 valence electrons. The van der Waals surface area contributed by atoms with Gasteiger partial charge in [0.05, 0.1) is 26.3 Å². The number of methoxy groups -OCH3 is 1. The van der Waals surface area contributed by atoms with E-state index in [9.17, 15) is 28.8 Å². The molecule has 0 radical (unpaired) electrons. The van der Waals surface area contributed by atoms with E-state index < -0.39 is 17.0 Å². The third kappa shape index (κ3) is 16.9. The number of rotatable bonds is 10. The van der Waals surface area contributed by atoms with Crippen LogP contribution in [-0.4, -0.2) is 111 Å². The van der Waals surface area contributed by atoms with Gasteiger partial charge in [-0.1, -0.05) is 103 Å². The molecule has 14 nitrogen and oxygen atoms in total. The van der Waals surface area contributed by atoms with Crippen molar-refractivity contribution in [2.24, 2.45) is 11.3 Å². The van der Waals surface area contributed by atoms with Gasteiger partial charge in [-0.05, 0) is 62.7 Å². The van der Waals surface area contributed by atoms with E-state index >= 15 is 0 Å². The van der Waals surface area contributed by atoms with E-state index in [0.29, 0.717) is 26.0 Å². The lowest BCUT2D eigenvalue weighted by molar-refractivity contribution is -0.148. The molecule has 0 bridgehead atoms. The number of nitrogens with zero attached hydrogens (tertiary/aromatic N) is 2. The average molecular weight is 801 g/mol. The van der Waals surface area contributed by atoms with Gasteiger partial charge in [0.25, 0.3) is 0 Å². The Balaban J connectivity index is 0.000000401. The second-order valence-electron chi connectivity index (χ2n) is 15.4. The Labute approximate surface area is 341 Å². The van der Waals surface area contributed by atoms with Crippen LogP contribution < -0.4 is 21.3 Å². The summed E-state index contributed by atoms with van der Waals surface area (Å²) in [7, 11) is 4.84. The minimum absolute atomic E-state index is 0.0109. The summed E-state index contributed by atoms with van der Waals surface area (Å²) in [5, 5.41) is 10.3. The summed E-state index contributed by atoms with van der Waals surface area (Å²) in [5.74, 6) is -1.10. The van der Waals surface area contributed by atoms with Gasteiger partial charge in [-0.3, -0.25) is 24.1 Å². The summed E-state index contributed by atoms with van der Waals surface area (Å²) >= 11 is 0. The fourth-order valence-electron chi connectivity index (χ4n) is 6.75. The zero-order chi connectivity index (χ0) is 43.0. The number of esters is 1. The van der Waals surface area contributed by atoms with E-state index in [-0.39, 0.29) is 48.3 Å². The summed E-state index contributed by atoms with van der Waals surface area (Å²) in [6.07, 6.45) is 14.3.